The summed E-state index contributed by atoms with van der Waals surface area (Å²) in [6.45, 7) is 2.43. The van der Waals surface area contributed by atoms with Gasteiger partial charge in [0.15, 0.2) is 13.0 Å². The van der Waals surface area contributed by atoms with Crippen molar-refractivity contribution in [2.75, 3.05) is 40.5 Å². The van der Waals surface area contributed by atoms with Gasteiger partial charge in [-0.3, -0.25) is 33.8 Å². The molecule has 0 atom stereocenters. The van der Waals surface area contributed by atoms with Gasteiger partial charge in [-0.2, -0.15) is 15.0 Å². The number of aromatic nitrogens is 4. The van der Waals surface area contributed by atoms with E-state index in [9.17, 15) is 37.2 Å². The number of amides is 2. The highest BCUT2D eigenvalue weighted by Gasteiger charge is 2.33. The van der Waals surface area contributed by atoms with Crippen LogP contribution in [0.15, 0.2) is 48.5 Å². The number of ether oxygens (including phenoxy) is 1. The number of anilines is 1. The van der Waals surface area contributed by atoms with Crippen LogP contribution in [0.25, 0.3) is 0 Å². The third kappa shape index (κ3) is 22.6. The van der Waals surface area contributed by atoms with E-state index >= 15 is 0 Å². The number of H-pyrrole nitrogens is 1. The van der Waals surface area contributed by atoms with Gasteiger partial charge >= 0.3 is 14.6 Å². The van der Waals surface area contributed by atoms with Crippen LogP contribution in [-0.2, 0) is 8.87 Å². The monoisotopic (exact) mass is 1030 g/mol. The molecule has 6 rings (SSSR count). The normalized spacial score (nSPS) is 11.6. The standard InChI is InChI=1S/C7H4O3S2.C5H7N3S3.C4H8N2O2S2.C4H5NO2S2.C2H2N2S3.C2HNO2S2/c8-7-5-3-1-2-4-6(5)12(9,10)11-7;1-8(2)3-6-4-7-5(9)11-10-4;1-5-3(7)9-10-4(8)6-2;1-2-7-4-5-3(6)8-9-4;3-1-4-2(5)7-6-1;4-1-3-2(5)7-6-1/h1-4H;3H,1-2H3;1-2H3,(H,5,7)(H,6,8);2H2,1H3;(H2,3,4,5);(H,3,4,5). The number of aromatic amines is 1. The van der Waals surface area contributed by atoms with Crippen molar-refractivity contribution in [1.29, 1.82) is 0 Å². The molecule has 56 heavy (non-hydrogen) atoms. The number of nitrogens with zero attached hydrogens (tertiary/aromatic N) is 5. The fourth-order valence-electron chi connectivity index (χ4n) is 2.37. The molecule has 1 aromatic carbocycles. The molecule has 0 saturated heterocycles. The summed E-state index contributed by atoms with van der Waals surface area (Å²) in [6.07, 6.45) is 1.71. The molecule has 0 fully saturated rings. The molecule has 4 aromatic heterocycles. The van der Waals surface area contributed by atoms with Crippen LogP contribution in [0.5, 0.6) is 5.19 Å². The molecule has 0 bridgehead atoms. The van der Waals surface area contributed by atoms with Crippen LogP contribution >= 0.6 is 140 Å². The maximum Gasteiger partial charge on any atom is 0.340 e. The maximum atomic E-state index is 11.2. The van der Waals surface area contributed by atoms with E-state index in [1.165, 1.54) is 77.9 Å². The molecular formula is C24H27N9O9S14. The molecule has 5 N–H and O–H groups in total. The Morgan fingerprint density at radius 2 is 1.46 bits per heavy atom. The topological polar surface area (TPSA) is 266 Å². The van der Waals surface area contributed by atoms with Crippen LogP contribution < -0.4 is 35.7 Å². The summed E-state index contributed by atoms with van der Waals surface area (Å²) in [5, 5.41) is 5.67. The SMILES string of the molecule is CCOc1nc(=O)ss1.CN(C)C=Nc1nc(=S)ss1.CNC(=O)SSC(=O)NC.Nc1nc(=S)ss1.O=C1SS(=O)(=O)c2ccccc21.O=c1[nH]c(=O)ss1. The van der Waals surface area contributed by atoms with Gasteiger partial charge < -0.3 is 26.0 Å². The lowest BCUT2D eigenvalue weighted by atomic mass is 10.2. The Kier molecular flexibility index (Phi) is 26.0. The van der Waals surface area contributed by atoms with E-state index in [4.69, 9.17) is 22.7 Å². The Balaban J connectivity index is 0.000000340. The van der Waals surface area contributed by atoms with Crippen molar-refractivity contribution in [3.05, 3.63) is 66.7 Å². The van der Waals surface area contributed by atoms with Crippen LogP contribution in [0, 0.1) is 7.91 Å². The van der Waals surface area contributed by atoms with Gasteiger partial charge in [0.05, 0.1) is 28.6 Å². The minimum absolute atomic E-state index is 0.139. The summed E-state index contributed by atoms with van der Waals surface area (Å²) >= 11 is 9.51. The molecule has 2 amide bonds. The molecule has 32 heteroatoms. The molecule has 0 unspecified atom stereocenters. The highest BCUT2D eigenvalue weighted by atomic mass is 33.1. The summed E-state index contributed by atoms with van der Waals surface area (Å²) in [6, 6.07) is 6.23. The Hall–Kier alpha value is -2.34. The number of hydrogen-bond donors (Lipinski definition) is 4. The second-order valence-corrected chi connectivity index (χ2v) is 24.0. The summed E-state index contributed by atoms with van der Waals surface area (Å²) in [5.41, 5.74) is 5.52. The lowest BCUT2D eigenvalue weighted by Crippen LogP contribution is -2.13. The minimum Gasteiger partial charge on any atom is -0.470 e. The second-order valence-electron chi connectivity index (χ2n) is 8.59. The first-order valence-corrected chi connectivity index (χ1v) is 28.3. The number of nitrogen functional groups attached to an aromatic ring is 1. The number of hydrogen-bond acceptors (Lipinski definition) is 27. The van der Waals surface area contributed by atoms with Gasteiger partial charge in [0.25, 0.3) is 15.7 Å². The zero-order valence-corrected chi connectivity index (χ0v) is 40.2. The highest BCUT2D eigenvalue weighted by molar-refractivity contribution is 8.87. The number of aliphatic imine (C=N–C) groups is 1. The van der Waals surface area contributed by atoms with Crippen LogP contribution in [0.3, 0.4) is 0 Å². The Morgan fingerprint density at radius 1 is 0.893 bits per heavy atom. The van der Waals surface area contributed by atoms with Crippen molar-refractivity contribution in [3.63, 3.8) is 0 Å². The number of carbonyl (C=O) groups is 3. The third-order valence-electron chi connectivity index (χ3n) is 4.37. The summed E-state index contributed by atoms with van der Waals surface area (Å²) < 4.78 is 28.6. The third-order valence-corrected chi connectivity index (χ3v) is 17.9. The molecule has 1 aliphatic rings. The summed E-state index contributed by atoms with van der Waals surface area (Å²) in [5.74, 6) is 0. The lowest BCUT2D eigenvalue weighted by Gasteiger charge is -1.99. The van der Waals surface area contributed by atoms with Crippen molar-refractivity contribution in [1.82, 2.24) is 35.5 Å². The quantitative estimate of drug-likeness (QED) is 0.0624. The first kappa shape index (κ1) is 51.7. The molecule has 0 radical (unpaired) electrons. The minimum atomic E-state index is -3.39. The van der Waals surface area contributed by atoms with Crippen molar-refractivity contribution < 1.29 is 27.5 Å². The van der Waals surface area contributed by atoms with Crippen LogP contribution in [0.2, 0.25) is 0 Å². The van der Waals surface area contributed by atoms with Gasteiger partial charge in [-0.25, -0.2) is 13.4 Å². The zero-order valence-electron chi connectivity index (χ0n) is 28.8. The van der Waals surface area contributed by atoms with Crippen molar-refractivity contribution in [2.45, 2.75) is 11.8 Å². The zero-order chi connectivity index (χ0) is 42.3. The van der Waals surface area contributed by atoms with Gasteiger partial charge in [-0.1, -0.05) is 12.1 Å². The van der Waals surface area contributed by atoms with Gasteiger partial charge in [-0.05, 0) is 126 Å². The van der Waals surface area contributed by atoms with Crippen molar-refractivity contribution >= 4 is 181 Å². The average molecular weight is 1030 g/mol. The van der Waals surface area contributed by atoms with E-state index < -0.39 is 8.87 Å². The van der Waals surface area contributed by atoms with Gasteiger partial charge in [0.2, 0.25) is 19.1 Å². The van der Waals surface area contributed by atoms with E-state index in [1.807, 2.05) is 25.9 Å². The second kappa shape index (κ2) is 28.1. The number of carbonyl (C=O) groups excluding carboxylic acids is 3. The lowest BCUT2D eigenvalue weighted by molar-refractivity contribution is 0.108. The molecule has 0 saturated carbocycles. The first-order valence-electron chi connectivity index (χ1n) is 14.0. The average Bonchev–Trinajstić information content (AvgIpc) is 3.99. The fraction of sp³-hybridized carbons (Fsp3) is 0.250. The molecule has 18 nitrogen and oxygen atoms in total. The van der Waals surface area contributed by atoms with Crippen LogP contribution in [-0.4, -0.2) is 90.0 Å². The maximum absolute atomic E-state index is 11.2. The fourth-order valence-corrected chi connectivity index (χ4v) is 12.5. The van der Waals surface area contributed by atoms with Crippen LogP contribution in [0.4, 0.5) is 19.9 Å². The number of rotatable bonds is 4. The molecule has 5 heterocycles. The smallest absolute Gasteiger partial charge is 0.340 e. The molecule has 1 aliphatic heterocycles. The predicted octanol–water partition coefficient (Wildman–Crippen LogP) is 6.80. The molecule has 0 aliphatic carbocycles. The van der Waals surface area contributed by atoms with Crippen molar-refractivity contribution in [2.24, 2.45) is 4.99 Å². The molecule has 5 aromatic rings. The Morgan fingerprint density at radius 3 is 1.84 bits per heavy atom. The molecular weight excluding hydrogens is 1010 g/mol. The Bertz CT molecular complexity index is 2360. The number of benzene rings is 1. The first-order chi connectivity index (χ1) is 26.4. The van der Waals surface area contributed by atoms with Gasteiger partial charge in [-0.15, -0.1) is 0 Å². The van der Waals surface area contributed by atoms with E-state index in [2.05, 4.69) is 47.8 Å². The number of nitrogens with two attached hydrogens (primary N) is 1. The largest absolute Gasteiger partial charge is 0.470 e. The Labute approximate surface area is 369 Å². The molecule has 306 valence electrons. The number of fused-ring (bicyclic) bond motifs is 1. The van der Waals surface area contributed by atoms with Crippen LogP contribution in [0.1, 0.15) is 17.3 Å². The molecule has 0 spiro atoms. The number of nitrogens with one attached hydrogen (secondary N) is 3. The van der Waals surface area contributed by atoms with E-state index in [-0.39, 0.29) is 35.1 Å². The van der Waals surface area contributed by atoms with Crippen molar-refractivity contribution in [3.8, 4) is 5.19 Å². The summed E-state index contributed by atoms with van der Waals surface area (Å²) in [4.78, 5) is 81.3. The van der Waals surface area contributed by atoms with E-state index in [0.717, 1.165) is 57.7 Å². The highest BCUT2D eigenvalue weighted by Crippen LogP contribution is 2.37. The van der Waals surface area contributed by atoms with E-state index in [0.29, 0.717) is 41.2 Å². The summed E-state index contributed by atoms with van der Waals surface area (Å²) in [7, 11) is 15.6. The van der Waals surface area contributed by atoms with E-state index in [1.54, 1.807) is 18.5 Å². The predicted molar refractivity (Wildman–Crippen MR) is 244 cm³/mol. The van der Waals surface area contributed by atoms with Gasteiger partial charge in [0.1, 0.15) is 0 Å². The van der Waals surface area contributed by atoms with Gasteiger partial charge in [0, 0.05) is 55.3 Å².